The lowest BCUT2D eigenvalue weighted by atomic mass is 9.64. The van der Waals surface area contributed by atoms with Gasteiger partial charge in [-0.05, 0) is 112 Å². The number of carbonyl (C=O) groups is 2. The van der Waals surface area contributed by atoms with Crippen LogP contribution in [0.1, 0.15) is 97.1 Å². The monoisotopic (exact) mass is 725 g/mol. The van der Waals surface area contributed by atoms with Crippen LogP contribution < -0.4 is 9.47 Å². The highest BCUT2D eigenvalue weighted by molar-refractivity contribution is 7.21. The Morgan fingerprint density at radius 3 is 2.56 bits per heavy atom. The molecule has 0 aliphatic heterocycles. The van der Waals surface area contributed by atoms with Crippen LogP contribution in [0.5, 0.6) is 11.5 Å². The van der Waals surface area contributed by atoms with Crippen LogP contribution in [0.2, 0.25) is 0 Å². The lowest BCUT2D eigenvalue weighted by Gasteiger charge is -2.46. The molecule has 8 nitrogen and oxygen atoms in total. The quantitative estimate of drug-likeness (QED) is 0.131. The van der Waals surface area contributed by atoms with E-state index in [1.54, 1.807) is 32.1 Å². The normalized spacial score (nSPS) is 23.4. The Balaban J connectivity index is 1.43. The number of ether oxygens (including phenoxy) is 3. The van der Waals surface area contributed by atoms with Crippen LogP contribution in [0.15, 0.2) is 78.4 Å². The molecule has 3 aliphatic rings. The predicted molar refractivity (Wildman–Crippen MR) is 206 cm³/mol. The second kappa shape index (κ2) is 15.8. The van der Waals surface area contributed by atoms with Gasteiger partial charge in [0.2, 0.25) is 5.78 Å². The van der Waals surface area contributed by atoms with Crippen LogP contribution >= 0.6 is 11.3 Å². The van der Waals surface area contributed by atoms with Gasteiger partial charge in [0.05, 0.1) is 50.5 Å². The Kier molecular flexibility index (Phi) is 11.4. The van der Waals surface area contributed by atoms with Crippen LogP contribution in [-0.2, 0) is 17.7 Å². The third-order valence-electron chi connectivity index (χ3n) is 11.4. The molecule has 1 amide bonds. The maximum absolute atomic E-state index is 14.6. The van der Waals surface area contributed by atoms with Gasteiger partial charge in [-0.15, -0.1) is 11.3 Å². The van der Waals surface area contributed by atoms with Crippen molar-refractivity contribution in [2.24, 2.45) is 5.41 Å². The highest BCUT2D eigenvalue weighted by Crippen LogP contribution is 2.59. The first kappa shape index (κ1) is 37.6. The average Bonchev–Trinajstić information content (AvgIpc) is 3.68. The lowest BCUT2D eigenvalue weighted by molar-refractivity contribution is -0.0821. The Hall–Kier alpha value is -4.18. The summed E-state index contributed by atoms with van der Waals surface area (Å²) in [6, 6.07) is 21.5. The molecule has 1 fully saturated rings. The van der Waals surface area contributed by atoms with Crippen molar-refractivity contribution in [1.29, 1.82) is 0 Å². The maximum atomic E-state index is 14.6. The van der Waals surface area contributed by atoms with Crippen molar-refractivity contribution in [2.45, 2.75) is 89.9 Å². The van der Waals surface area contributed by atoms with Gasteiger partial charge in [-0.1, -0.05) is 48.9 Å². The number of hydrogen-bond donors (Lipinski definition) is 2. The highest BCUT2D eigenvalue weighted by Gasteiger charge is 2.58. The number of benzene rings is 3. The molecule has 52 heavy (non-hydrogen) atoms. The first-order valence-corrected chi connectivity index (χ1v) is 19.1. The Morgan fingerprint density at radius 2 is 1.81 bits per heavy atom. The van der Waals surface area contributed by atoms with E-state index in [4.69, 9.17) is 14.2 Å². The molecular formula is C43H51NO7S. The van der Waals surface area contributed by atoms with Crippen LogP contribution in [0.25, 0.3) is 10.1 Å². The van der Waals surface area contributed by atoms with Gasteiger partial charge in [0.1, 0.15) is 11.5 Å². The Labute approximate surface area is 311 Å². The summed E-state index contributed by atoms with van der Waals surface area (Å²) in [5.41, 5.74) is 2.36. The summed E-state index contributed by atoms with van der Waals surface area (Å²) < 4.78 is 17.7. The molecule has 3 aromatic carbocycles. The van der Waals surface area contributed by atoms with E-state index in [1.165, 1.54) is 16.9 Å². The number of methoxy groups -OCH3 is 2. The van der Waals surface area contributed by atoms with E-state index >= 15 is 0 Å². The number of hydrogen-bond acceptors (Lipinski definition) is 8. The van der Waals surface area contributed by atoms with Crippen molar-refractivity contribution in [3.63, 3.8) is 0 Å². The molecule has 1 saturated carbocycles. The van der Waals surface area contributed by atoms with E-state index in [2.05, 4.69) is 26.0 Å². The predicted octanol–water partition coefficient (Wildman–Crippen LogP) is 8.85. The van der Waals surface area contributed by atoms with E-state index in [0.29, 0.717) is 60.5 Å². The number of aliphatic hydroxyl groups excluding tert-OH is 1. The summed E-state index contributed by atoms with van der Waals surface area (Å²) in [5, 5.41) is 25.0. The van der Waals surface area contributed by atoms with Crippen molar-refractivity contribution < 1.29 is 34.0 Å². The number of rotatable bonds is 9. The third-order valence-corrected chi connectivity index (χ3v) is 12.5. The number of thiophene rings is 1. The zero-order valence-corrected chi connectivity index (χ0v) is 31.8. The molecular weight excluding hydrogens is 675 g/mol. The fraction of sp³-hybridized carbons (Fsp3) is 0.442. The number of fused-ring (bicyclic) bond motifs is 9. The summed E-state index contributed by atoms with van der Waals surface area (Å²) in [5.74, 6) is 0.982. The molecule has 276 valence electrons. The number of aliphatic hydroxyl groups is 2. The molecule has 0 spiro atoms. The minimum absolute atomic E-state index is 0.0422. The van der Waals surface area contributed by atoms with Gasteiger partial charge < -0.3 is 29.3 Å². The molecule has 3 aliphatic carbocycles. The van der Waals surface area contributed by atoms with Gasteiger partial charge in [0, 0.05) is 27.3 Å². The summed E-state index contributed by atoms with van der Waals surface area (Å²) in [6.07, 6.45) is 5.43. The van der Waals surface area contributed by atoms with Crippen LogP contribution in [0, 0.1) is 5.41 Å². The topological polar surface area (TPSA) is 106 Å². The van der Waals surface area contributed by atoms with E-state index in [1.807, 2.05) is 54.6 Å². The fourth-order valence-corrected chi connectivity index (χ4v) is 9.34. The van der Waals surface area contributed by atoms with Crippen LogP contribution in [-0.4, -0.2) is 66.1 Å². The summed E-state index contributed by atoms with van der Waals surface area (Å²) in [4.78, 5) is 30.5. The van der Waals surface area contributed by atoms with Crippen LogP contribution in [0.3, 0.4) is 0 Å². The minimum Gasteiger partial charge on any atom is -0.497 e. The van der Waals surface area contributed by atoms with Gasteiger partial charge in [-0.2, -0.15) is 0 Å². The maximum Gasteiger partial charge on any atom is 0.410 e. The SMILES string of the molecule is CCOC(=O)N(Cc1ccc(OC)cc1OC)CC1(O)CCC2c3ccc(cc3C(=O)c3cc4ccccc4s3)CC(O)CCC(C)=CCCC21C. The van der Waals surface area contributed by atoms with E-state index in [9.17, 15) is 19.8 Å². The van der Waals surface area contributed by atoms with Crippen molar-refractivity contribution in [3.05, 3.63) is 106 Å². The molecule has 2 bridgehead atoms. The molecule has 0 saturated heterocycles. The first-order valence-electron chi connectivity index (χ1n) is 18.3. The van der Waals surface area contributed by atoms with Crippen molar-refractivity contribution >= 4 is 33.3 Å². The molecule has 1 heterocycles. The molecule has 9 heteroatoms. The van der Waals surface area contributed by atoms with Crippen molar-refractivity contribution in [2.75, 3.05) is 27.4 Å². The molecule has 2 N–H and O–H groups in total. The molecule has 1 aromatic heterocycles. The number of nitrogens with zero attached hydrogens (tertiary/aromatic N) is 1. The van der Waals surface area contributed by atoms with Gasteiger partial charge in [0.25, 0.3) is 0 Å². The van der Waals surface area contributed by atoms with Gasteiger partial charge in [0.15, 0.2) is 0 Å². The van der Waals surface area contributed by atoms with E-state index in [0.717, 1.165) is 33.2 Å². The van der Waals surface area contributed by atoms with Crippen LogP contribution in [0.4, 0.5) is 4.79 Å². The highest BCUT2D eigenvalue weighted by atomic mass is 32.1. The second-order valence-electron chi connectivity index (χ2n) is 14.7. The Morgan fingerprint density at radius 1 is 1.00 bits per heavy atom. The summed E-state index contributed by atoms with van der Waals surface area (Å²) >= 11 is 1.49. The number of amides is 1. The molecule has 7 rings (SSSR count). The van der Waals surface area contributed by atoms with Gasteiger partial charge in [-0.25, -0.2) is 4.79 Å². The molecule has 0 radical (unpaired) electrons. The molecule has 4 atom stereocenters. The first-order chi connectivity index (χ1) is 25.0. The standard InChI is InChI=1S/C43H51NO7S/c1-6-51-41(47)44(26-31-15-17-33(49-4)25-37(31)50-5)27-43(48)21-19-36-34-18-14-29(22-32(45)16-13-28(2)10-9-20-42(36,43)3)23-35(34)40(46)39-24-30-11-7-8-12-38(30)52-39/h7-8,10-12,14-15,17-18,23-25,32,36,45,48H,6,9,13,16,19-22,26-27H2,1-5H3. The average molecular weight is 726 g/mol. The summed E-state index contributed by atoms with van der Waals surface area (Å²) in [7, 11) is 3.17. The Bertz CT molecular complexity index is 1920. The minimum atomic E-state index is -1.31. The van der Waals surface area contributed by atoms with Crippen molar-refractivity contribution in [3.8, 4) is 11.5 Å². The molecule has 4 unspecified atom stereocenters. The summed E-state index contributed by atoms with van der Waals surface area (Å²) in [6.45, 7) is 6.40. The number of ketones is 1. The smallest absolute Gasteiger partial charge is 0.410 e. The number of allylic oxidation sites excluding steroid dienone is 2. The van der Waals surface area contributed by atoms with E-state index < -0.39 is 23.2 Å². The number of carbonyl (C=O) groups excluding carboxylic acids is 2. The zero-order chi connectivity index (χ0) is 37.0. The largest absolute Gasteiger partial charge is 0.497 e. The van der Waals surface area contributed by atoms with Crippen molar-refractivity contribution in [1.82, 2.24) is 4.90 Å². The third kappa shape index (κ3) is 7.63. The fourth-order valence-electron chi connectivity index (χ4n) is 8.33. The lowest BCUT2D eigenvalue weighted by Crippen LogP contribution is -2.53. The van der Waals surface area contributed by atoms with E-state index in [-0.39, 0.29) is 31.4 Å². The van der Waals surface area contributed by atoms with Gasteiger partial charge >= 0.3 is 6.09 Å². The van der Waals surface area contributed by atoms with Gasteiger partial charge in [-0.3, -0.25) is 4.79 Å². The molecule has 4 aromatic rings. The zero-order valence-electron chi connectivity index (χ0n) is 30.9. The second-order valence-corrected chi connectivity index (χ2v) is 15.7.